The van der Waals surface area contributed by atoms with Crippen LogP contribution in [0.5, 0.6) is 0 Å². The molecule has 122 valence electrons. The molecule has 0 saturated carbocycles. The van der Waals surface area contributed by atoms with Crippen molar-refractivity contribution in [2.45, 2.75) is 25.3 Å². The van der Waals surface area contributed by atoms with Crippen LogP contribution in [-0.2, 0) is 9.53 Å². The third-order valence-corrected chi connectivity index (χ3v) is 3.58. The molecule has 1 saturated heterocycles. The van der Waals surface area contributed by atoms with E-state index in [9.17, 15) is 9.59 Å². The molecule has 0 spiro atoms. The Morgan fingerprint density at radius 3 is 2.36 bits per heavy atom. The zero-order chi connectivity index (χ0) is 15.3. The second-order valence-electron chi connectivity index (χ2n) is 5.16. The minimum atomic E-state index is -0.878. The van der Waals surface area contributed by atoms with Crippen LogP contribution < -0.4 is 16.4 Å². The molecule has 4 N–H and O–H groups in total. The Morgan fingerprint density at radius 2 is 1.82 bits per heavy atom. The zero-order valence-electron chi connectivity index (χ0n) is 12.6. The van der Waals surface area contributed by atoms with Crippen LogP contribution >= 0.6 is 12.4 Å². The number of benzene rings is 1. The van der Waals surface area contributed by atoms with E-state index in [1.165, 1.54) is 0 Å². The van der Waals surface area contributed by atoms with Crippen LogP contribution in [0.15, 0.2) is 24.3 Å². The molecule has 6 nitrogen and oxygen atoms in total. The van der Waals surface area contributed by atoms with Gasteiger partial charge in [-0.3, -0.25) is 9.59 Å². The third-order valence-electron chi connectivity index (χ3n) is 3.58. The Balaban J connectivity index is 0.00000242. The van der Waals surface area contributed by atoms with Gasteiger partial charge in [-0.1, -0.05) is 0 Å². The normalized spacial score (nSPS) is 16.3. The van der Waals surface area contributed by atoms with Crippen molar-refractivity contribution in [3.8, 4) is 0 Å². The van der Waals surface area contributed by atoms with Gasteiger partial charge in [0.1, 0.15) is 5.54 Å². The monoisotopic (exact) mass is 327 g/mol. The first-order valence-electron chi connectivity index (χ1n) is 7.11. The van der Waals surface area contributed by atoms with E-state index in [1.54, 1.807) is 24.3 Å². The summed E-state index contributed by atoms with van der Waals surface area (Å²) in [6.45, 7) is 3.44. The molecule has 0 aliphatic carbocycles. The first kappa shape index (κ1) is 18.4. The number of hydrogen-bond acceptors (Lipinski definition) is 4. The summed E-state index contributed by atoms with van der Waals surface area (Å²) in [6, 6.07) is 6.75. The minimum Gasteiger partial charge on any atom is -0.381 e. The van der Waals surface area contributed by atoms with Crippen LogP contribution in [0.4, 0.5) is 5.69 Å². The molecule has 0 unspecified atom stereocenters. The fourth-order valence-corrected chi connectivity index (χ4v) is 2.19. The molecule has 0 aromatic heterocycles. The van der Waals surface area contributed by atoms with Crippen LogP contribution in [0.1, 0.15) is 30.1 Å². The predicted octanol–water partition coefficient (Wildman–Crippen LogP) is 1.30. The lowest BCUT2D eigenvalue weighted by molar-refractivity contribution is -0.124. The number of nitrogens with one attached hydrogen (secondary N) is 2. The zero-order valence-corrected chi connectivity index (χ0v) is 13.4. The molecule has 1 heterocycles. The number of anilines is 1. The molecule has 0 atom stereocenters. The summed E-state index contributed by atoms with van der Waals surface area (Å²) in [4.78, 5) is 23.9. The summed E-state index contributed by atoms with van der Waals surface area (Å²) in [5.41, 5.74) is 6.42. The number of halogens is 1. The van der Waals surface area contributed by atoms with E-state index in [4.69, 9.17) is 10.5 Å². The summed E-state index contributed by atoms with van der Waals surface area (Å²) < 4.78 is 5.23. The Kier molecular flexibility index (Phi) is 6.80. The fraction of sp³-hybridized carbons (Fsp3) is 0.467. The predicted molar refractivity (Wildman–Crippen MR) is 87.3 cm³/mol. The highest BCUT2D eigenvalue weighted by atomic mass is 35.5. The van der Waals surface area contributed by atoms with E-state index in [1.807, 2.05) is 6.92 Å². The quantitative estimate of drug-likeness (QED) is 0.777. The highest BCUT2D eigenvalue weighted by molar-refractivity contribution is 5.99. The lowest BCUT2D eigenvalue weighted by Crippen LogP contribution is -2.54. The lowest BCUT2D eigenvalue weighted by atomic mass is 9.90. The van der Waals surface area contributed by atoms with Gasteiger partial charge in [0, 0.05) is 31.0 Å². The number of amides is 2. The minimum absolute atomic E-state index is 0. The Labute approximate surface area is 136 Å². The molecule has 7 heteroatoms. The maximum atomic E-state index is 12.2. The first-order chi connectivity index (χ1) is 10.0. The number of hydrogen-bond donors (Lipinski definition) is 3. The highest BCUT2D eigenvalue weighted by Crippen LogP contribution is 2.20. The van der Waals surface area contributed by atoms with Crippen LogP contribution in [0.3, 0.4) is 0 Å². The van der Waals surface area contributed by atoms with Crippen molar-refractivity contribution < 1.29 is 14.3 Å². The van der Waals surface area contributed by atoms with E-state index >= 15 is 0 Å². The van der Waals surface area contributed by atoms with Crippen LogP contribution in [0.25, 0.3) is 0 Å². The third kappa shape index (κ3) is 4.43. The van der Waals surface area contributed by atoms with Crippen molar-refractivity contribution in [1.29, 1.82) is 0 Å². The van der Waals surface area contributed by atoms with Crippen molar-refractivity contribution in [3.05, 3.63) is 29.8 Å². The standard InChI is InChI=1S/C15H21N3O3.ClH/c1-2-17-13(19)11-3-5-12(6-4-11)18-14(20)15(16)7-9-21-10-8-15;/h3-6H,2,7-10,16H2,1H3,(H,17,19)(H,18,20);1H. The Bertz CT molecular complexity index is 513. The molecule has 1 fully saturated rings. The van der Waals surface area contributed by atoms with Crippen molar-refractivity contribution in [1.82, 2.24) is 5.32 Å². The molecule has 1 aliphatic rings. The topological polar surface area (TPSA) is 93.5 Å². The van der Waals surface area contributed by atoms with E-state index in [2.05, 4.69) is 10.6 Å². The average molecular weight is 328 g/mol. The van der Waals surface area contributed by atoms with Gasteiger partial charge in [-0.25, -0.2) is 0 Å². The number of nitrogens with two attached hydrogens (primary N) is 1. The fourth-order valence-electron chi connectivity index (χ4n) is 2.19. The van der Waals surface area contributed by atoms with Crippen LogP contribution in [0, 0.1) is 0 Å². The summed E-state index contributed by atoms with van der Waals surface area (Å²) in [5, 5.41) is 5.52. The largest absolute Gasteiger partial charge is 0.381 e. The highest BCUT2D eigenvalue weighted by Gasteiger charge is 2.35. The van der Waals surface area contributed by atoms with E-state index in [0.29, 0.717) is 43.9 Å². The average Bonchev–Trinajstić information content (AvgIpc) is 2.49. The first-order valence-corrected chi connectivity index (χ1v) is 7.11. The SMILES string of the molecule is CCNC(=O)c1ccc(NC(=O)C2(N)CCOCC2)cc1.Cl. The van der Waals surface area contributed by atoms with Crippen LogP contribution in [-0.4, -0.2) is 37.1 Å². The molecule has 1 aliphatic heterocycles. The van der Waals surface area contributed by atoms with Crippen molar-refractivity contribution in [2.24, 2.45) is 5.73 Å². The molecule has 22 heavy (non-hydrogen) atoms. The van der Waals surface area contributed by atoms with Gasteiger partial charge in [-0.05, 0) is 44.0 Å². The van der Waals surface area contributed by atoms with E-state index in [0.717, 1.165) is 0 Å². The summed E-state index contributed by atoms with van der Waals surface area (Å²) in [5.74, 6) is -0.341. The maximum absolute atomic E-state index is 12.2. The number of carbonyl (C=O) groups excluding carboxylic acids is 2. The Hall–Kier alpha value is -1.63. The van der Waals surface area contributed by atoms with Crippen LogP contribution in [0.2, 0.25) is 0 Å². The van der Waals surface area contributed by atoms with E-state index < -0.39 is 5.54 Å². The van der Waals surface area contributed by atoms with Gasteiger partial charge in [0.05, 0.1) is 0 Å². The van der Waals surface area contributed by atoms with Gasteiger partial charge in [-0.15, -0.1) is 12.4 Å². The van der Waals surface area contributed by atoms with Gasteiger partial charge in [-0.2, -0.15) is 0 Å². The number of carbonyl (C=O) groups is 2. The van der Waals surface area contributed by atoms with Crippen molar-refractivity contribution in [2.75, 3.05) is 25.1 Å². The summed E-state index contributed by atoms with van der Waals surface area (Å²) >= 11 is 0. The van der Waals surface area contributed by atoms with Gasteiger partial charge < -0.3 is 21.1 Å². The van der Waals surface area contributed by atoms with Gasteiger partial charge in [0.2, 0.25) is 5.91 Å². The molecule has 0 radical (unpaired) electrons. The molecular weight excluding hydrogens is 306 g/mol. The van der Waals surface area contributed by atoms with E-state index in [-0.39, 0.29) is 24.2 Å². The summed E-state index contributed by atoms with van der Waals surface area (Å²) in [6.07, 6.45) is 1.02. The number of rotatable bonds is 4. The molecule has 0 bridgehead atoms. The lowest BCUT2D eigenvalue weighted by Gasteiger charge is -2.31. The second-order valence-corrected chi connectivity index (χ2v) is 5.16. The molecule has 1 aromatic carbocycles. The molecule has 2 rings (SSSR count). The maximum Gasteiger partial charge on any atom is 0.251 e. The number of ether oxygens (including phenoxy) is 1. The van der Waals surface area contributed by atoms with Crippen molar-refractivity contribution >= 4 is 29.9 Å². The van der Waals surface area contributed by atoms with Gasteiger partial charge in [0.15, 0.2) is 0 Å². The smallest absolute Gasteiger partial charge is 0.251 e. The van der Waals surface area contributed by atoms with Gasteiger partial charge >= 0.3 is 0 Å². The van der Waals surface area contributed by atoms with Gasteiger partial charge in [0.25, 0.3) is 5.91 Å². The molecule has 1 aromatic rings. The molecule has 2 amide bonds. The summed E-state index contributed by atoms with van der Waals surface area (Å²) in [7, 11) is 0. The Morgan fingerprint density at radius 1 is 1.23 bits per heavy atom. The second kappa shape index (κ2) is 8.12. The molecular formula is C15H22ClN3O3. The van der Waals surface area contributed by atoms with Crippen molar-refractivity contribution in [3.63, 3.8) is 0 Å².